The van der Waals surface area contributed by atoms with Gasteiger partial charge in [-0.15, -0.1) is 0 Å². The van der Waals surface area contributed by atoms with Gasteiger partial charge in [0, 0.05) is 45.8 Å². The van der Waals surface area contributed by atoms with E-state index in [4.69, 9.17) is 10.8 Å². The fourth-order valence-corrected chi connectivity index (χ4v) is 3.83. The molecule has 0 bridgehead atoms. The van der Waals surface area contributed by atoms with Gasteiger partial charge >= 0.3 is 6.03 Å². The zero-order chi connectivity index (χ0) is 26.0. The van der Waals surface area contributed by atoms with E-state index >= 15 is 0 Å². The minimum absolute atomic E-state index is 0.195. The summed E-state index contributed by atoms with van der Waals surface area (Å²) in [6.45, 7) is 6.22. The summed E-state index contributed by atoms with van der Waals surface area (Å²) in [4.78, 5) is 21.2. The molecule has 0 saturated carbocycles. The van der Waals surface area contributed by atoms with Crippen molar-refractivity contribution in [2.75, 3.05) is 21.7 Å². The average Bonchev–Trinajstić information content (AvgIpc) is 3.29. The van der Waals surface area contributed by atoms with Crippen LogP contribution in [0.1, 0.15) is 26.5 Å². The Labute approximate surface area is 214 Å². The van der Waals surface area contributed by atoms with Crippen molar-refractivity contribution in [1.29, 1.82) is 0 Å². The number of nitrogens with zero attached hydrogens (tertiary/aromatic N) is 4. The van der Waals surface area contributed by atoms with Gasteiger partial charge in [0.1, 0.15) is 12.1 Å². The number of aromatic nitrogens is 4. The molecule has 0 atom stereocenters. The summed E-state index contributed by atoms with van der Waals surface area (Å²) in [6, 6.07) is 22.2. The highest BCUT2D eigenvalue weighted by molar-refractivity contribution is 5.99. The minimum atomic E-state index is -0.374. The molecular formula is C28H28N8O. The van der Waals surface area contributed by atoms with E-state index in [9.17, 15) is 4.79 Å². The van der Waals surface area contributed by atoms with Crippen LogP contribution in [0.3, 0.4) is 0 Å². The first-order chi connectivity index (χ1) is 17.7. The fraction of sp³-hybridized carbons (Fsp3) is 0.143. The first-order valence-corrected chi connectivity index (χ1v) is 11.9. The summed E-state index contributed by atoms with van der Waals surface area (Å²) in [7, 11) is 0. The first kappa shape index (κ1) is 23.8. The summed E-state index contributed by atoms with van der Waals surface area (Å²) in [5.41, 5.74) is 11.4. The van der Waals surface area contributed by atoms with E-state index in [1.54, 1.807) is 10.9 Å². The second kappa shape index (κ2) is 9.62. The van der Waals surface area contributed by atoms with Gasteiger partial charge in [0.05, 0.1) is 16.9 Å². The first-order valence-electron chi connectivity index (χ1n) is 11.9. The van der Waals surface area contributed by atoms with Crippen LogP contribution >= 0.6 is 0 Å². The van der Waals surface area contributed by atoms with Crippen molar-refractivity contribution in [2.45, 2.75) is 26.2 Å². The summed E-state index contributed by atoms with van der Waals surface area (Å²) in [6.07, 6.45) is 3.31. The number of benzene rings is 3. The van der Waals surface area contributed by atoms with E-state index in [-0.39, 0.29) is 11.4 Å². The summed E-state index contributed by atoms with van der Waals surface area (Å²) in [5.74, 6) is 0.548. The number of fused-ring (bicyclic) bond motifs is 1. The number of urea groups is 1. The quantitative estimate of drug-likeness (QED) is 0.220. The predicted octanol–water partition coefficient (Wildman–Crippen LogP) is 6.08. The number of nitrogen functional groups attached to an aromatic ring is 1. The SMILES string of the molecule is CC(C)(C)c1cc(NC(=O)Nc2ccc(Nc3ccc4ncncc4c3)cc2)n(-c2cccc(N)c2)n1. The average molecular weight is 493 g/mol. The summed E-state index contributed by atoms with van der Waals surface area (Å²) >= 11 is 0. The normalized spacial score (nSPS) is 11.3. The molecule has 0 unspecified atom stereocenters. The zero-order valence-corrected chi connectivity index (χ0v) is 20.9. The number of nitrogens with one attached hydrogen (secondary N) is 3. The van der Waals surface area contributed by atoms with E-state index < -0.39 is 0 Å². The Balaban J connectivity index is 1.29. The molecule has 2 heterocycles. The van der Waals surface area contributed by atoms with E-state index in [1.165, 1.54) is 6.33 Å². The largest absolute Gasteiger partial charge is 0.399 e. The molecule has 0 saturated heterocycles. The second-order valence-electron chi connectivity index (χ2n) is 9.75. The molecule has 0 radical (unpaired) electrons. The van der Waals surface area contributed by atoms with E-state index in [0.29, 0.717) is 17.2 Å². The van der Waals surface area contributed by atoms with Crippen LogP contribution in [0.2, 0.25) is 0 Å². The number of hydrogen-bond acceptors (Lipinski definition) is 6. The Morgan fingerprint density at radius 1 is 0.892 bits per heavy atom. The number of amides is 2. The van der Waals surface area contributed by atoms with E-state index in [1.807, 2.05) is 72.8 Å². The van der Waals surface area contributed by atoms with E-state index in [2.05, 4.69) is 46.7 Å². The number of anilines is 5. The highest BCUT2D eigenvalue weighted by atomic mass is 16.2. The predicted molar refractivity (Wildman–Crippen MR) is 149 cm³/mol. The van der Waals surface area contributed by atoms with Crippen LogP contribution < -0.4 is 21.7 Å². The smallest absolute Gasteiger partial charge is 0.324 e. The Morgan fingerprint density at radius 3 is 2.41 bits per heavy atom. The maximum atomic E-state index is 12.9. The van der Waals surface area contributed by atoms with Crippen molar-refractivity contribution in [2.24, 2.45) is 0 Å². The molecular weight excluding hydrogens is 464 g/mol. The molecule has 2 aromatic heterocycles. The standard InChI is InChI=1S/C28H28N8O/c1-28(2,3)25-15-26(36(35-25)23-6-4-5-19(29)14-23)34-27(37)33-21-9-7-20(8-10-21)32-22-11-12-24-18(13-22)16-30-17-31-24/h4-17,32H,29H2,1-3H3,(H2,33,34,37). The maximum Gasteiger partial charge on any atom is 0.324 e. The molecule has 0 aliphatic heterocycles. The van der Waals surface area contributed by atoms with Crippen molar-refractivity contribution < 1.29 is 4.79 Å². The van der Waals surface area contributed by atoms with Crippen molar-refractivity contribution in [1.82, 2.24) is 19.7 Å². The van der Waals surface area contributed by atoms with Crippen molar-refractivity contribution in [3.05, 3.63) is 91.0 Å². The van der Waals surface area contributed by atoms with Gasteiger partial charge in [-0.3, -0.25) is 5.32 Å². The molecule has 2 amide bonds. The van der Waals surface area contributed by atoms with Gasteiger partial charge in [0.2, 0.25) is 0 Å². The molecule has 9 heteroatoms. The molecule has 37 heavy (non-hydrogen) atoms. The number of rotatable bonds is 5. The molecule has 0 fully saturated rings. The van der Waals surface area contributed by atoms with Crippen LogP contribution in [-0.4, -0.2) is 25.8 Å². The number of carbonyl (C=O) groups is 1. The Morgan fingerprint density at radius 2 is 1.65 bits per heavy atom. The molecule has 186 valence electrons. The zero-order valence-electron chi connectivity index (χ0n) is 20.9. The molecule has 5 rings (SSSR count). The molecule has 0 aliphatic rings. The van der Waals surface area contributed by atoms with Crippen LogP contribution in [0.15, 0.2) is 85.3 Å². The third kappa shape index (κ3) is 5.51. The third-order valence-corrected chi connectivity index (χ3v) is 5.77. The fourth-order valence-electron chi connectivity index (χ4n) is 3.83. The Hall–Kier alpha value is -4.92. The van der Waals surface area contributed by atoms with Gasteiger partial charge in [-0.05, 0) is 60.7 Å². The lowest BCUT2D eigenvalue weighted by Gasteiger charge is -2.14. The highest BCUT2D eigenvalue weighted by Crippen LogP contribution is 2.27. The minimum Gasteiger partial charge on any atom is -0.399 e. The maximum absolute atomic E-state index is 12.9. The lowest BCUT2D eigenvalue weighted by atomic mass is 9.92. The van der Waals surface area contributed by atoms with Gasteiger partial charge in [0.15, 0.2) is 0 Å². The van der Waals surface area contributed by atoms with E-state index in [0.717, 1.165) is 33.7 Å². The van der Waals surface area contributed by atoms with Gasteiger partial charge in [-0.25, -0.2) is 19.4 Å². The van der Waals surface area contributed by atoms with Crippen molar-refractivity contribution >= 4 is 45.5 Å². The second-order valence-corrected chi connectivity index (χ2v) is 9.75. The van der Waals surface area contributed by atoms with Crippen LogP contribution in [0.4, 0.5) is 33.4 Å². The Bertz CT molecular complexity index is 1570. The van der Waals surface area contributed by atoms with Crippen molar-refractivity contribution in [3.8, 4) is 5.69 Å². The van der Waals surface area contributed by atoms with Crippen LogP contribution in [-0.2, 0) is 5.41 Å². The number of nitrogens with two attached hydrogens (primary N) is 1. The molecule has 5 aromatic rings. The van der Waals surface area contributed by atoms with Gasteiger partial charge in [0.25, 0.3) is 0 Å². The number of hydrogen-bond donors (Lipinski definition) is 4. The summed E-state index contributed by atoms with van der Waals surface area (Å²) < 4.78 is 1.69. The lowest BCUT2D eigenvalue weighted by molar-refractivity contribution is 0.262. The van der Waals surface area contributed by atoms with Crippen LogP contribution in [0, 0.1) is 0 Å². The van der Waals surface area contributed by atoms with Crippen LogP contribution in [0.25, 0.3) is 16.6 Å². The highest BCUT2D eigenvalue weighted by Gasteiger charge is 2.21. The molecule has 9 nitrogen and oxygen atoms in total. The van der Waals surface area contributed by atoms with Gasteiger partial charge < -0.3 is 16.4 Å². The van der Waals surface area contributed by atoms with Crippen molar-refractivity contribution in [3.63, 3.8) is 0 Å². The van der Waals surface area contributed by atoms with Crippen LogP contribution in [0.5, 0.6) is 0 Å². The number of carbonyl (C=O) groups excluding carboxylic acids is 1. The Kier molecular flexibility index (Phi) is 6.19. The lowest BCUT2D eigenvalue weighted by Crippen LogP contribution is -2.21. The van der Waals surface area contributed by atoms with Gasteiger partial charge in [-0.2, -0.15) is 5.10 Å². The monoisotopic (exact) mass is 492 g/mol. The third-order valence-electron chi connectivity index (χ3n) is 5.77. The topological polar surface area (TPSA) is 123 Å². The summed E-state index contributed by atoms with van der Waals surface area (Å²) in [5, 5.41) is 14.8. The molecule has 5 N–H and O–H groups in total. The molecule has 3 aromatic carbocycles. The van der Waals surface area contributed by atoms with Gasteiger partial charge in [-0.1, -0.05) is 26.8 Å². The molecule has 0 aliphatic carbocycles. The molecule has 0 spiro atoms.